The third-order valence-electron chi connectivity index (χ3n) is 4.36. The highest BCUT2D eigenvalue weighted by Crippen LogP contribution is 2.20. The second kappa shape index (κ2) is 8.05. The number of carbonyl (C=O) groups is 1. The molecule has 0 aliphatic heterocycles. The molecule has 0 saturated carbocycles. The molecule has 1 atom stereocenters. The van der Waals surface area contributed by atoms with Crippen LogP contribution in [-0.4, -0.2) is 31.7 Å². The molecular formula is C19H26N2O4S. The predicted octanol–water partition coefficient (Wildman–Crippen LogP) is 3.42. The predicted molar refractivity (Wildman–Crippen MR) is 101 cm³/mol. The highest BCUT2D eigenvalue weighted by molar-refractivity contribution is 7.89. The van der Waals surface area contributed by atoms with Crippen LogP contribution in [0.1, 0.15) is 54.3 Å². The molecule has 0 aliphatic rings. The molecule has 7 heteroatoms. The van der Waals surface area contributed by atoms with E-state index in [1.807, 2.05) is 20.8 Å². The molecule has 1 heterocycles. The van der Waals surface area contributed by atoms with Gasteiger partial charge in [-0.1, -0.05) is 26.0 Å². The first-order chi connectivity index (χ1) is 12.2. The molecule has 0 bridgehead atoms. The average Bonchev–Trinajstić information content (AvgIpc) is 2.94. The molecule has 0 spiro atoms. The molecule has 0 fully saturated rings. The monoisotopic (exact) mass is 378 g/mol. The lowest BCUT2D eigenvalue weighted by atomic mass is 10.1. The molecule has 1 aromatic carbocycles. The average molecular weight is 378 g/mol. The van der Waals surface area contributed by atoms with Gasteiger partial charge in [-0.25, -0.2) is 8.42 Å². The molecule has 26 heavy (non-hydrogen) atoms. The molecule has 0 saturated heterocycles. The van der Waals surface area contributed by atoms with E-state index in [2.05, 4.69) is 5.32 Å². The van der Waals surface area contributed by atoms with Crippen molar-refractivity contribution >= 4 is 15.9 Å². The van der Waals surface area contributed by atoms with Gasteiger partial charge in [0, 0.05) is 13.1 Å². The zero-order valence-electron chi connectivity index (χ0n) is 15.9. The van der Waals surface area contributed by atoms with Gasteiger partial charge in [-0.05, 0) is 44.5 Å². The Hall–Kier alpha value is -2.12. The van der Waals surface area contributed by atoms with Crippen molar-refractivity contribution in [2.24, 2.45) is 0 Å². The fourth-order valence-corrected chi connectivity index (χ4v) is 4.31. The minimum atomic E-state index is -3.48. The minimum absolute atomic E-state index is 0.216. The molecule has 2 aromatic rings. The number of aryl methyl sites for hydroxylation is 2. The number of furan rings is 1. The van der Waals surface area contributed by atoms with Gasteiger partial charge in [0.2, 0.25) is 10.0 Å². The molecule has 142 valence electrons. The van der Waals surface area contributed by atoms with E-state index < -0.39 is 10.0 Å². The fourth-order valence-electron chi connectivity index (χ4n) is 2.86. The van der Waals surface area contributed by atoms with Crippen LogP contribution in [0, 0.1) is 13.8 Å². The van der Waals surface area contributed by atoms with Crippen molar-refractivity contribution in [3.63, 3.8) is 0 Å². The summed E-state index contributed by atoms with van der Waals surface area (Å²) in [5.41, 5.74) is 1.34. The quantitative estimate of drug-likeness (QED) is 0.801. The number of benzene rings is 1. The van der Waals surface area contributed by atoms with Crippen molar-refractivity contribution in [3.05, 3.63) is 53.0 Å². The van der Waals surface area contributed by atoms with Crippen LogP contribution in [0.25, 0.3) is 0 Å². The van der Waals surface area contributed by atoms with E-state index in [1.54, 1.807) is 44.2 Å². The highest BCUT2D eigenvalue weighted by Gasteiger charge is 2.22. The molecule has 1 amide bonds. The fraction of sp³-hybridized carbons (Fsp3) is 0.421. The van der Waals surface area contributed by atoms with Crippen LogP contribution in [0.2, 0.25) is 0 Å². The van der Waals surface area contributed by atoms with Gasteiger partial charge < -0.3 is 9.73 Å². The first-order valence-corrected chi connectivity index (χ1v) is 10.1. The maximum absolute atomic E-state index is 12.5. The molecule has 0 aliphatic carbocycles. The lowest BCUT2D eigenvalue weighted by Gasteiger charge is -2.19. The molecule has 6 nitrogen and oxygen atoms in total. The smallest absolute Gasteiger partial charge is 0.255 e. The molecule has 0 radical (unpaired) electrons. The Morgan fingerprint density at radius 1 is 1.15 bits per heavy atom. The SMILES string of the molecule is CCN(CC)S(=O)(=O)c1ccc([C@H](C)NC(=O)c2cc(C)oc2C)cc1. The summed E-state index contributed by atoms with van der Waals surface area (Å²) in [6.45, 7) is 9.88. The van der Waals surface area contributed by atoms with Crippen molar-refractivity contribution in [2.75, 3.05) is 13.1 Å². The normalized spacial score (nSPS) is 13.0. The Bertz CT molecular complexity index is 865. The number of carbonyl (C=O) groups excluding carboxylic acids is 1. The van der Waals surface area contributed by atoms with Gasteiger partial charge in [0.15, 0.2) is 0 Å². The first-order valence-electron chi connectivity index (χ1n) is 8.68. The van der Waals surface area contributed by atoms with Gasteiger partial charge in [-0.3, -0.25) is 4.79 Å². The van der Waals surface area contributed by atoms with Crippen molar-refractivity contribution in [1.82, 2.24) is 9.62 Å². The van der Waals surface area contributed by atoms with Crippen LogP contribution >= 0.6 is 0 Å². The van der Waals surface area contributed by atoms with Crippen LogP contribution in [-0.2, 0) is 10.0 Å². The number of hydrogen-bond acceptors (Lipinski definition) is 4. The third-order valence-corrected chi connectivity index (χ3v) is 6.42. The second-order valence-electron chi connectivity index (χ2n) is 6.18. The Morgan fingerprint density at radius 3 is 2.19 bits per heavy atom. The van der Waals surface area contributed by atoms with E-state index >= 15 is 0 Å². The van der Waals surface area contributed by atoms with Crippen LogP contribution in [0.3, 0.4) is 0 Å². The molecule has 1 N–H and O–H groups in total. The van der Waals surface area contributed by atoms with Crippen molar-refractivity contribution < 1.29 is 17.6 Å². The van der Waals surface area contributed by atoms with Gasteiger partial charge in [0.05, 0.1) is 16.5 Å². The Morgan fingerprint density at radius 2 is 1.73 bits per heavy atom. The van der Waals surface area contributed by atoms with E-state index in [9.17, 15) is 13.2 Å². The molecule has 0 unspecified atom stereocenters. The van der Waals surface area contributed by atoms with Gasteiger partial charge in [-0.15, -0.1) is 0 Å². The highest BCUT2D eigenvalue weighted by atomic mass is 32.2. The molecule has 1 aromatic heterocycles. The lowest BCUT2D eigenvalue weighted by Crippen LogP contribution is -2.30. The summed E-state index contributed by atoms with van der Waals surface area (Å²) in [6.07, 6.45) is 0. The van der Waals surface area contributed by atoms with Crippen LogP contribution in [0.15, 0.2) is 39.6 Å². The maximum Gasteiger partial charge on any atom is 0.255 e. The molecular weight excluding hydrogens is 352 g/mol. The largest absolute Gasteiger partial charge is 0.466 e. The summed E-state index contributed by atoms with van der Waals surface area (Å²) in [5, 5.41) is 2.91. The van der Waals surface area contributed by atoms with Gasteiger partial charge in [0.1, 0.15) is 11.5 Å². The Kier molecular flexibility index (Phi) is 6.26. The Balaban J connectivity index is 2.15. The van der Waals surface area contributed by atoms with Crippen LogP contribution in [0.4, 0.5) is 0 Å². The maximum atomic E-state index is 12.5. The van der Waals surface area contributed by atoms with Gasteiger partial charge >= 0.3 is 0 Å². The summed E-state index contributed by atoms with van der Waals surface area (Å²) in [5.74, 6) is 1.05. The number of nitrogens with zero attached hydrogens (tertiary/aromatic N) is 1. The van der Waals surface area contributed by atoms with E-state index in [1.165, 1.54) is 4.31 Å². The number of amides is 1. The van der Waals surface area contributed by atoms with Crippen molar-refractivity contribution in [1.29, 1.82) is 0 Å². The van der Waals surface area contributed by atoms with Crippen molar-refractivity contribution in [3.8, 4) is 0 Å². The second-order valence-corrected chi connectivity index (χ2v) is 8.12. The minimum Gasteiger partial charge on any atom is -0.466 e. The van der Waals surface area contributed by atoms with Gasteiger partial charge in [0.25, 0.3) is 5.91 Å². The first kappa shape index (κ1) is 20.2. The standard InChI is InChI=1S/C19H26N2O4S/c1-6-21(7-2)26(23,24)17-10-8-16(9-11-17)14(4)20-19(22)18-12-13(3)25-15(18)5/h8-12,14H,6-7H2,1-5H3,(H,20,22)/t14-/m0/s1. The van der Waals surface area contributed by atoms with E-state index in [4.69, 9.17) is 4.42 Å². The summed E-state index contributed by atoms with van der Waals surface area (Å²) >= 11 is 0. The Labute approximate surface area is 155 Å². The zero-order chi connectivity index (χ0) is 19.5. The number of nitrogens with one attached hydrogen (secondary N) is 1. The summed E-state index contributed by atoms with van der Waals surface area (Å²) < 4.78 is 31.8. The lowest BCUT2D eigenvalue weighted by molar-refractivity contribution is 0.0938. The summed E-state index contributed by atoms with van der Waals surface area (Å²) in [6, 6.07) is 8.07. The van der Waals surface area contributed by atoms with E-state index in [-0.39, 0.29) is 16.8 Å². The molecule has 2 rings (SSSR count). The topological polar surface area (TPSA) is 79.6 Å². The third kappa shape index (κ3) is 4.16. The van der Waals surface area contributed by atoms with Crippen LogP contribution < -0.4 is 5.32 Å². The summed E-state index contributed by atoms with van der Waals surface area (Å²) in [4.78, 5) is 12.6. The number of sulfonamides is 1. The number of hydrogen-bond donors (Lipinski definition) is 1. The van der Waals surface area contributed by atoms with E-state index in [0.717, 1.165) is 5.56 Å². The number of rotatable bonds is 7. The zero-order valence-corrected chi connectivity index (χ0v) is 16.7. The van der Waals surface area contributed by atoms with E-state index in [0.29, 0.717) is 30.2 Å². The van der Waals surface area contributed by atoms with Gasteiger partial charge in [-0.2, -0.15) is 4.31 Å². The van der Waals surface area contributed by atoms with Crippen LogP contribution in [0.5, 0.6) is 0 Å². The summed E-state index contributed by atoms with van der Waals surface area (Å²) in [7, 11) is -3.48. The van der Waals surface area contributed by atoms with Crippen molar-refractivity contribution in [2.45, 2.75) is 45.6 Å².